The van der Waals surface area contributed by atoms with E-state index < -0.39 is 0 Å². The van der Waals surface area contributed by atoms with Crippen molar-refractivity contribution < 1.29 is 14.3 Å². The number of halogens is 1. The first kappa shape index (κ1) is 15.3. The summed E-state index contributed by atoms with van der Waals surface area (Å²) in [4.78, 5) is 14.2. The van der Waals surface area contributed by atoms with E-state index in [0.717, 1.165) is 10.2 Å². The molecule has 0 spiro atoms. The van der Waals surface area contributed by atoms with Gasteiger partial charge in [0.05, 0.1) is 24.3 Å². The minimum Gasteiger partial charge on any atom is -0.492 e. The predicted octanol–water partition coefficient (Wildman–Crippen LogP) is 2.96. The highest BCUT2D eigenvalue weighted by Gasteiger charge is 2.19. The summed E-state index contributed by atoms with van der Waals surface area (Å²) in [6, 6.07) is 5.49. The number of rotatable bonds is 4. The Labute approximate surface area is 128 Å². The molecule has 0 unspecified atom stereocenters. The molecule has 1 heterocycles. The molecule has 0 aromatic heterocycles. The number of hydrogen-bond acceptors (Lipinski definition) is 3. The van der Waals surface area contributed by atoms with Gasteiger partial charge in [-0.1, -0.05) is 13.8 Å². The third kappa shape index (κ3) is 3.96. The molecule has 0 bridgehead atoms. The maximum atomic E-state index is 12.3. The molecule has 1 aliphatic heterocycles. The quantitative estimate of drug-likeness (QED) is 0.845. The molecule has 1 saturated heterocycles. The number of carbonyl (C=O) groups is 1. The normalized spacial score (nSPS) is 15.5. The van der Waals surface area contributed by atoms with Crippen LogP contribution < -0.4 is 4.74 Å². The lowest BCUT2D eigenvalue weighted by Crippen LogP contribution is -2.40. The molecular formula is C15H20BrNO3. The Balaban J connectivity index is 2.05. The van der Waals surface area contributed by atoms with E-state index >= 15 is 0 Å². The van der Waals surface area contributed by atoms with Gasteiger partial charge in [-0.25, -0.2) is 0 Å². The lowest BCUT2D eigenvalue weighted by atomic mass is 10.2. The number of amides is 1. The molecule has 110 valence electrons. The van der Waals surface area contributed by atoms with Crippen LogP contribution in [-0.4, -0.2) is 43.7 Å². The van der Waals surface area contributed by atoms with Crippen LogP contribution in [0, 0.1) is 5.92 Å². The molecule has 20 heavy (non-hydrogen) atoms. The lowest BCUT2D eigenvalue weighted by Gasteiger charge is -2.27. The fraction of sp³-hybridized carbons (Fsp3) is 0.533. The molecule has 4 nitrogen and oxygen atoms in total. The van der Waals surface area contributed by atoms with Crippen molar-refractivity contribution in [2.45, 2.75) is 13.8 Å². The van der Waals surface area contributed by atoms with Crippen LogP contribution in [0.5, 0.6) is 5.75 Å². The van der Waals surface area contributed by atoms with Gasteiger partial charge >= 0.3 is 0 Å². The molecule has 1 aromatic rings. The minimum absolute atomic E-state index is 0.0457. The van der Waals surface area contributed by atoms with E-state index in [1.54, 1.807) is 0 Å². The fourth-order valence-electron chi connectivity index (χ4n) is 1.96. The molecule has 5 heteroatoms. The Morgan fingerprint density at radius 2 is 2.10 bits per heavy atom. The molecule has 0 N–H and O–H groups in total. The molecule has 0 saturated carbocycles. The molecule has 1 fully saturated rings. The fourth-order valence-corrected chi connectivity index (χ4v) is 2.45. The van der Waals surface area contributed by atoms with Crippen molar-refractivity contribution in [1.82, 2.24) is 4.90 Å². The molecule has 0 aliphatic carbocycles. The van der Waals surface area contributed by atoms with E-state index in [4.69, 9.17) is 9.47 Å². The van der Waals surface area contributed by atoms with Crippen molar-refractivity contribution >= 4 is 21.8 Å². The summed E-state index contributed by atoms with van der Waals surface area (Å²) >= 11 is 3.47. The number of hydrogen-bond donors (Lipinski definition) is 0. The zero-order valence-electron chi connectivity index (χ0n) is 11.9. The summed E-state index contributed by atoms with van der Waals surface area (Å²) in [5.41, 5.74) is 0.677. The van der Waals surface area contributed by atoms with Gasteiger partial charge < -0.3 is 14.4 Å². The highest BCUT2D eigenvalue weighted by molar-refractivity contribution is 9.10. The summed E-state index contributed by atoms with van der Waals surface area (Å²) in [5.74, 6) is 1.29. The number of morpholine rings is 1. The largest absolute Gasteiger partial charge is 0.492 e. The Hall–Kier alpha value is -1.07. The van der Waals surface area contributed by atoms with Gasteiger partial charge in [0.25, 0.3) is 5.91 Å². The maximum Gasteiger partial charge on any atom is 0.254 e. The second-order valence-corrected chi connectivity index (χ2v) is 6.11. The van der Waals surface area contributed by atoms with E-state index in [1.165, 1.54) is 0 Å². The summed E-state index contributed by atoms with van der Waals surface area (Å²) in [6.07, 6.45) is 0. The van der Waals surface area contributed by atoms with Gasteiger partial charge in [-0.3, -0.25) is 4.79 Å². The van der Waals surface area contributed by atoms with Gasteiger partial charge in [-0.15, -0.1) is 0 Å². The van der Waals surface area contributed by atoms with E-state index in [1.807, 2.05) is 23.1 Å². The second kappa shape index (κ2) is 7.09. The van der Waals surface area contributed by atoms with E-state index in [2.05, 4.69) is 29.8 Å². The Bertz CT molecular complexity index is 470. The van der Waals surface area contributed by atoms with Crippen LogP contribution in [-0.2, 0) is 4.74 Å². The topological polar surface area (TPSA) is 38.8 Å². The average Bonchev–Trinajstić information content (AvgIpc) is 2.46. The first-order valence-electron chi connectivity index (χ1n) is 6.87. The van der Waals surface area contributed by atoms with Crippen LogP contribution in [0.1, 0.15) is 24.2 Å². The standard InChI is InChI=1S/C15H20BrNO3/c1-11(2)10-20-14-4-3-12(9-13(14)16)15(18)17-5-7-19-8-6-17/h3-4,9,11H,5-8,10H2,1-2H3. The molecule has 1 amide bonds. The summed E-state index contributed by atoms with van der Waals surface area (Å²) in [6.45, 7) is 7.40. The molecule has 1 aliphatic rings. The Morgan fingerprint density at radius 3 is 2.70 bits per heavy atom. The zero-order chi connectivity index (χ0) is 14.5. The Kier molecular flexibility index (Phi) is 5.43. The SMILES string of the molecule is CC(C)COc1ccc(C(=O)N2CCOCC2)cc1Br. The minimum atomic E-state index is 0.0457. The molecule has 2 rings (SSSR count). The van der Waals surface area contributed by atoms with Crippen LogP contribution in [0.4, 0.5) is 0 Å². The van der Waals surface area contributed by atoms with Crippen molar-refractivity contribution in [2.24, 2.45) is 5.92 Å². The number of benzene rings is 1. The first-order chi connectivity index (χ1) is 9.58. The average molecular weight is 342 g/mol. The number of nitrogens with zero attached hydrogens (tertiary/aromatic N) is 1. The van der Waals surface area contributed by atoms with Crippen molar-refractivity contribution in [1.29, 1.82) is 0 Å². The van der Waals surface area contributed by atoms with E-state index in [0.29, 0.717) is 44.4 Å². The smallest absolute Gasteiger partial charge is 0.254 e. The van der Waals surface area contributed by atoms with Gasteiger partial charge in [-0.05, 0) is 40.0 Å². The zero-order valence-corrected chi connectivity index (χ0v) is 13.5. The van der Waals surface area contributed by atoms with Gasteiger partial charge in [-0.2, -0.15) is 0 Å². The third-order valence-corrected chi connectivity index (χ3v) is 3.67. The third-order valence-electron chi connectivity index (χ3n) is 3.05. The lowest BCUT2D eigenvalue weighted by molar-refractivity contribution is 0.0303. The van der Waals surface area contributed by atoms with Crippen molar-refractivity contribution in [3.05, 3.63) is 28.2 Å². The van der Waals surface area contributed by atoms with Crippen molar-refractivity contribution in [3.63, 3.8) is 0 Å². The van der Waals surface area contributed by atoms with Gasteiger partial charge in [0.15, 0.2) is 0 Å². The molecule has 0 radical (unpaired) electrons. The van der Waals surface area contributed by atoms with Gasteiger partial charge in [0, 0.05) is 18.7 Å². The monoisotopic (exact) mass is 341 g/mol. The number of ether oxygens (including phenoxy) is 2. The van der Waals surface area contributed by atoms with Crippen LogP contribution in [0.2, 0.25) is 0 Å². The molecule has 0 atom stereocenters. The van der Waals surface area contributed by atoms with Crippen LogP contribution in [0.3, 0.4) is 0 Å². The van der Waals surface area contributed by atoms with Crippen LogP contribution >= 0.6 is 15.9 Å². The number of carbonyl (C=O) groups excluding carboxylic acids is 1. The first-order valence-corrected chi connectivity index (χ1v) is 7.66. The maximum absolute atomic E-state index is 12.3. The highest BCUT2D eigenvalue weighted by Crippen LogP contribution is 2.27. The predicted molar refractivity (Wildman–Crippen MR) is 81.2 cm³/mol. The van der Waals surface area contributed by atoms with Gasteiger partial charge in [0.1, 0.15) is 5.75 Å². The second-order valence-electron chi connectivity index (χ2n) is 5.25. The summed E-state index contributed by atoms with van der Waals surface area (Å²) in [5, 5.41) is 0. The van der Waals surface area contributed by atoms with E-state index in [-0.39, 0.29) is 5.91 Å². The van der Waals surface area contributed by atoms with Crippen molar-refractivity contribution in [2.75, 3.05) is 32.9 Å². The van der Waals surface area contributed by atoms with Crippen LogP contribution in [0.25, 0.3) is 0 Å². The van der Waals surface area contributed by atoms with Crippen LogP contribution in [0.15, 0.2) is 22.7 Å². The summed E-state index contributed by atoms with van der Waals surface area (Å²) in [7, 11) is 0. The van der Waals surface area contributed by atoms with Gasteiger partial charge in [0.2, 0.25) is 0 Å². The van der Waals surface area contributed by atoms with Crippen molar-refractivity contribution in [3.8, 4) is 5.75 Å². The summed E-state index contributed by atoms with van der Waals surface area (Å²) < 4.78 is 11.8. The molecule has 1 aromatic carbocycles. The molecular weight excluding hydrogens is 322 g/mol. The Morgan fingerprint density at radius 1 is 1.40 bits per heavy atom. The van der Waals surface area contributed by atoms with E-state index in [9.17, 15) is 4.79 Å². The highest BCUT2D eigenvalue weighted by atomic mass is 79.9.